The fourth-order valence-corrected chi connectivity index (χ4v) is 2.79. The number of hydrogen-bond donors (Lipinski definition) is 0. The molecule has 0 N–H and O–H groups in total. The summed E-state index contributed by atoms with van der Waals surface area (Å²) in [6, 6.07) is 8.14. The molecule has 106 valence electrons. The predicted molar refractivity (Wildman–Crippen MR) is 88.2 cm³/mol. The molecule has 4 heteroatoms. The van der Waals surface area contributed by atoms with Crippen molar-refractivity contribution in [3.8, 4) is 0 Å². The van der Waals surface area contributed by atoms with Gasteiger partial charge in [-0.25, -0.2) is 0 Å². The van der Waals surface area contributed by atoms with E-state index in [0.717, 1.165) is 16.6 Å². The van der Waals surface area contributed by atoms with Gasteiger partial charge >= 0.3 is 0 Å². The number of Topliss-reactive ketones (excluding diaryl/α,β-unsaturated/α-hetero) is 1. The zero-order valence-corrected chi connectivity index (χ0v) is 14.3. The number of nitrogens with zero attached hydrogens (tertiary/aromatic N) is 1. The van der Waals surface area contributed by atoms with Gasteiger partial charge in [0.25, 0.3) is 0 Å². The van der Waals surface area contributed by atoms with Crippen LogP contribution < -0.4 is 0 Å². The van der Waals surface area contributed by atoms with Crippen molar-refractivity contribution in [2.45, 2.75) is 25.8 Å². The Morgan fingerprint density at radius 3 is 2.84 bits per heavy atom. The standard InChI is InChI=1S/C15H22BrNOS/c1-12(8-10-19-3)17(2)9-7-15(18)13-5-4-6-14(16)11-13/h4-6,11-12H,7-10H2,1-3H3. The summed E-state index contributed by atoms with van der Waals surface area (Å²) >= 11 is 5.27. The van der Waals surface area contributed by atoms with Crippen LogP contribution in [0.25, 0.3) is 0 Å². The van der Waals surface area contributed by atoms with E-state index in [9.17, 15) is 4.79 Å². The van der Waals surface area contributed by atoms with E-state index in [1.807, 2.05) is 36.0 Å². The highest BCUT2D eigenvalue weighted by atomic mass is 79.9. The van der Waals surface area contributed by atoms with Crippen LogP contribution in [0.5, 0.6) is 0 Å². The van der Waals surface area contributed by atoms with Gasteiger partial charge in [-0.1, -0.05) is 28.1 Å². The molecule has 0 amide bonds. The number of halogens is 1. The number of thioether (sulfide) groups is 1. The lowest BCUT2D eigenvalue weighted by molar-refractivity contribution is 0.0962. The van der Waals surface area contributed by atoms with Crippen molar-refractivity contribution in [3.63, 3.8) is 0 Å². The number of hydrogen-bond acceptors (Lipinski definition) is 3. The Morgan fingerprint density at radius 1 is 1.47 bits per heavy atom. The first-order chi connectivity index (χ1) is 9.04. The molecule has 1 unspecified atom stereocenters. The average Bonchev–Trinajstić information content (AvgIpc) is 2.41. The van der Waals surface area contributed by atoms with Crippen LogP contribution in [-0.4, -0.2) is 42.3 Å². The molecule has 1 rings (SSSR count). The molecule has 1 atom stereocenters. The Balaban J connectivity index is 2.41. The molecular weight excluding hydrogens is 322 g/mol. The van der Waals surface area contributed by atoms with Crippen molar-refractivity contribution in [1.82, 2.24) is 4.90 Å². The van der Waals surface area contributed by atoms with E-state index < -0.39 is 0 Å². The van der Waals surface area contributed by atoms with E-state index in [2.05, 4.69) is 41.1 Å². The molecule has 0 radical (unpaired) electrons. The first-order valence-electron chi connectivity index (χ1n) is 6.52. The van der Waals surface area contributed by atoms with E-state index in [4.69, 9.17) is 0 Å². The first-order valence-corrected chi connectivity index (χ1v) is 8.71. The highest BCUT2D eigenvalue weighted by molar-refractivity contribution is 9.10. The molecule has 19 heavy (non-hydrogen) atoms. The molecule has 0 saturated heterocycles. The predicted octanol–water partition coefficient (Wildman–Crippen LogP) is 4.10. The maximum Gasteiger partial charge on any atom is 0.164 e. The van der Waals surface area contributed by atoms with E-state index in [0.29, 0.717) is 12.5 Å². The van der Waals surface area contributed by atoms with Crippen molar-refractivity contribution in [3.05, 3.63) is 34.3 Å². The van der Waals surface area contributed by atoms with Gasteiger partial charge in [0, 0.05) is 29.0 Å². The highest BCUT2D eigenvalue weighted by Gasteiger charge is 2.12. The van der Waals surface area contributed by atoms with Gasteiger partial charge in [-0.3, -0.25) is 4.79 Å². The third-order valence-corrected chi connectivity index (χ3v) is 4.47. The van der Waals surface area contributed by atoms with Crippen LogP contribution >= 0.6 is 27.7 Å². The first kappa shape index (κ1) is 16.7. The molecule has 0 aromatic heterocycles. The second kappa shape index (κ2) is 8.77. The van der Waals surface area contributed by atoms with Crippen LogP contribution in [0.4, 0.5) is 0 Å². The van der Waals surface area contributed by atoms with Gasteiger partial charge in [0.1, 0.15) is 0 Å². The van der Waals surface area contributed by atoms with Crippen molar-refractivity contribution in [2.75, 3.05) is 25.6 Å². The fraction of sp³-hybridized carbons (Fsp3) is 0.533. The smallest absolute Gasteiger partial charge is 0.164 e. The van der Waals surface area contributed by atoms with Gasteiger partial charge in [-0.2, -0.15) is 11.8 Å². The number of benzene rings is 1. The Bertz CT molecular complexity index is 411. The van der Waals surface area contributed by atoms with Gasteiger partial charge in [-0.05, 0) is 44.5 Å². The van der Waals surface area contributed by atoms with Crippen molar-refractivity contribution in [2.24, 2.45) is 0 Å². The summed E-state index contributed by atoms with van der Waals surface area (Å²) in [5, 5.41) is 0. The molecule has 1 aromatic carbocycles. The minimum atomic E-state index is 0.213. The summed E-state index contributed by atoms with van der Waals surface area (Å²) in [5.74, 6) is 1.38. The van der Waals surface area contributed by atoms with Gasteiger partial charge < -0.3 is 4.90 Å². The molecule has 0 aliphatic heterocycles. The monoisotopic (exact) mass is 343 g/mol. The zero-order valence-electron chi connectivity index (χ0n) is 11.9. The second-order valence-corrected chi connectivity index (χ2v) is 6.70. The number of carbonyl (C=O) groups is 1. The van der Waals surface area contributed by atoms with Crippen molar-refractivity contribution < 1.29 is 4.79 Å². The third-order valence-electron chi connectivity index (χ3n) is 3.33. The molecule has 0 saturated carbocycles. The summed E-state index contributed by atoms with van der Waals surface area (Å²) in [4.78, 5) is 14.4. The molecule has 0 bridgehead atoms. The van der Waals surface area contributed by atoms with Crippen LogP contribution in [0, 0.1) is 0 Å². The summed E-state index contributed by atoms with van der Waals surface area (Å²) in [6.45, 7) is 3.04. The zero-order chi connectivity index (χ0) is 14.3. The lowest BCUT2D eigenvalue weighted by Crippen LogP contribution is -2.31. The van der Waals surface area contributed by atoms with Gasteiger partial charge in [0.2, 0.25) is 0 Å². The molecule has 0 aliphatic carbocycles. The van der Waals surface area contributed by atoms with E-state index in [1.165, 1.54) is 12.2 Å². The minimum absolute atomic E-state index is 0.213. The maximum absolute atomic E-state index is 12.1. The van der Waals surface area contributed by atoms with E-state index in [-0.39, 0.29) is 5.78 Å². The Labute approximate surface area is 129 Å². The maximum atomic E-state index is 12.1. The Kier molecular flexibility index (Phi) is 7.73. The van der Waals surface area contributed by atoms with Crippen molar-refractivity contribution in [1.29, 1.82) is 0 Å². The summed E-state index contributed by atoms with van der Waals surface area (Å²) in [6.07, 6.45) is 3.88. The quantitative estimate of drug-likeness (QED) is 0.663. The molecule has 1 aromatic rings. The van der Waals surface area contributed by atoms with Crippen LogP contribution in [0.3, 0.4) is 0 Å². The summed E-state index contributed by atoms with van der Waals surface area (Å²) < 4.78 is 0.958. The van der Waals surface area contributed by atoms with Crippen LogP contribution in [0.15, 0.2) is 28.7 Å². The number of ketones is 1. The lowest BCUT2D eigenvalue weighted by Gasteiger charge is -2.24. The molecule has 0 spiro atoms. The van der Waals surface area contributed by atoms with E-state index >= 15 is 0 Å². The highest BCUT2D eigenvalue weighted by Crippen LogP contribution is 2.14. The lowest BCUT2D eigenvalue weighted by atomic mass is 10.1. The third kappa shape index (κ3) is 6.11. The molecule has 2 nitrogen and oxygen atoms in total. The Hall–Kier alpha value is -0.320. The van der Waals surface area contributed by atoms with Crippen molar-refractivity contribution >= 4 is 33.5 Å². The van der Waals surface area contributed by atoms with Crippen LogP contribution in [0.2, 0.25) is 0 Å². The fourth-order valence-electron chi connectivity index (χ4n) is 1.81. The van der Waals surface area contributed by atoms with Gasteiger partial charge in [0.05, 0.1) is 0 Å². The second-order valence-electron chi connectivity index (χ2n) is 4.79. The summed E-state index contributed by atoms with van der Waals surface area (Å²) in [7, 11) is 2.10. The average molecular weight is 344 g/mol. The largest absolute Gasteiger partial charge is 0.303 e. The molecular formula is C15H22BrNOS. The van der Waals surface area contributed by atoms with E-state index in [1.54, 1.807) is 0 Å². The molecule has 0 aliphatic rings. The molecule has 0 heterocycles. The SMILES string of the molecule is CSCCC(C)N(C)CCC(=O)c1cccc(Br)c1. The van der Waals surface area contributed by atoms with Gasteiger partial charge in [0.15, 0.2) is 5.78 Å². The topological polar surface area (TPSA) is 20.3 Å². The molecule has 0 fully saturated rings. The normalized spacial score (nSPS) is 12.7. The number of carbonyl (C=O) groups excluding carboxylic acids is 1. The number of rotatable bonds is 8. The summed E-state index contributed by atoms with van der Waals surface area (Å²) in [5.41, 5.74) is 0.791. The Morgan fingerprint density at radius 2 is 2.21 bits per heavy atom. The van der Waals surface area contributed by atoms with Crippen LogP contribution in [-0.2, 0) is 0 Å². The van der Waals surface area contributed by atoms with Crippen LogP contribution in [0.1, 0.15) is 30.1 Å². The van der Waals surface area contributed by atoms with Gasteiger partial charge in [-0.15, -0.1) is 0 Å². The minimum Gasteiger partial charge on any atom is -0.303 e.